The second kappa shape index (κ2) is 11.9. The van der Waals surface area contributed by atoms with Crippen LogP contribution in [-0.2, 0) is 9.59 Å². The number of nitrogens with zero attached hydrogens (tertiary/aromatic N) is 1. The van der Waals surface area contributed by atoms with Crippen LogP contribution in [0.1, 0.15) is 85.5 Å². The molecular formula is C22H42N2O2. The molecule has 0 aliphatic carbocycles. The normalized spacial score (nSPS) is 19.5. The number of hydrogen-bond acceptors (Lipinski definition) is 4. The summed E-state index contributed by atoms with van der Waals surface area (Å²) in [6.07, 6.45) is 12.8. The summed E-state index contributed by atoms with van der Waals surface area (Å²) in [6, 6.07) is 0.163. The molecule has 0 aromatic heterocycles. The summed E-state index contributed by atoms with van der Waals surface area (Å²) in [5.74, 6) is 0. The van der Waals surface area contributed by atoms with Gasteiger partial charge in [0.05, 0.1) is 12.6 Å². The van der Waals surface area contributed by atoms with Crippen molar-refractivity contribution in [2.75, 3.05) is 26.2 Å². The van der Waals surface area contributed by atoms with Gasteiger partial charge in [0.1, 0.15) is 12.6 Å². The molecule has 26 heavy (non-hydrogen) atoms. The number of hydrogen-bond donors (Lipinski definition) is 1. The Morgan fingerprint density at radius 2 is 1.69 bits per heavy atom. The zero-order chi connectivity index (χ0) is 19.5. The first kappa shape index (κ1) is 23.3. The summed E-state index contributed by atoms with van der Waals surface area (Å²) in [7, 11) is 0. The fourth-order valence-electron chi connectivity index (χ4n) is 4.70. The maximum Gasteiger partial charge on any atom is 0.137 e. The standard InChI is InChI=1S/C22H42N2O2/c1-21(2,11-6-7-13-23-14-17-25)19-22(3,4)12-9-16-24-15-8-5-10-20(24)18-26/h17-18,20,23H,5-16,19H2,1-4H3. The van der Waals surface area contributed by atoms with Gasteiger partial charge in [-0.15, -0.1) is 0 Å². The van der Waals surface area contributed by atoms with Crippen LogP contribution in [0.5, 0.6) is 0 Å². The maximum absolute atomic E-state index is 11.2. The van der Waals surface area contributed by atoms with Crippen molar-refractivity contribution in [3.63, 3.8) is 0 Å². The van der Waals surface area contributed by atoms with E-state index < -0.39 is 0 Å². The molecule has 1 saturated heterocycles. The van der Waals surface area contributed by atoms with Gasteiger partial charge in [-0.1, -0.05) is 40.5 Å². The Morgan fingerprint density at radius 3 is 2.35 bits per heavy atom. The lowest BCUT2D eigenvalue weighted by Crippen LogP contribution is -2.41. The average Bonchev–Trinajstić information content (AvgIpc) is 2.57. The molecule has 0 spiro atoms. The van der Waals surface area contributed by atoms with E-state index in [9.17, 15) is 9.59 Å². The fourth-order valence-corrected chi connectivity index (χ4v) is 4.70. The minimum absolute atomic E-state index is 0.163. The highest BCUT2D eigenvalue weighted by molar-refractivity contribution is 5.57. The molecule has 0 radical (unpaired) electrons. The smallest absolute Gasteiger partial charge is 0.137 e. The van der Waals surface area contributed by atoms with E-state index in [1.54, 1.807) is 0 Å². The number of piperidine rings is 1. The van der Waals surface area contributed by atoms with E-state index in [-0.39, 0.29) is 6.04 Å². The molecule has 1 fully saturated rings. The van der Waals surface area contributed by atoms with Crippen LogP contribution < -0.4 is 5.32 Å². The second-order valence-electron chi connectivity index (χ2n) is 9.67. The first-order valence-electron chi connectivity index (χ1n) is 10.6. The molecule has 0 bridgehead atoms. The number of carbonyl (C=O) groups is 2. The van der Waals surface area contributed by atoms with Crippen molar-refractivity contribution in [2.45, 2.75) is 91.5 Å². The number of nitrogens with one attached hydrogen (secondary N) is 1. The minimum atomic E-state index is 0.163. The number of unbranched alkanes of at least 4 members (excludes halogenated alkanes) is 1. The lowest BCUT2D eigenvalue weighted by Gasteiger charge is -2.37. The van der Waals surface area contributed by atoms with Gasteiger partial charge in [0.25, 0.3) is 0 Å². The van der Waals surface area contributed by atoms with Gasteiger partial charge in [-0.2, -0.15) is 0 Å². The highest BCUT2D eigenvalue weighted by Gasteiger charge is 2.29. The number of aldehydes is 2. The molecular weight excluding hydrogens is 324 g/mol. The molecule has 1 heterocycles. The lowest BCUT2D eigenvalue weighted by atomic mass is 9.71. The highest BCUT2D eigenvalue weighted by Crippen LogP contribution is 2.40. The topological polar surface area (TPSA) is 49.4 Å². The lowest BCUT2D eigenvalue weighted by molar-refractivity contribution is -0.113. The molecule has 1 aliphatic heterocycles. The molecule has 0 aromatic carbocycles. The van der Waals surface area contributed by atoms with Gasteiger partial charge in [0.2, 0.25) is 0 Å². The van der Waals surface area contributed by atoms with Crippen molar-refractivity contribution in [3.8, 4) is 0 Å². The molecule has 1 rings (SSSR count). The third kappa shape index (κ3) is 9.82. The van der Waals surface area contributed by atoms with Crippen LogP contribution >= 0.6 is 0 Å². The summed E-state index contributed by atoms with van der Waals surface area (Å²) < 4.78 is 0. The van der Waals surface area contributed by atoms with Gasteiger partial charge in [0, 0.05) is 0 Å². The zero-order valence-electron chi connectivity index (χ0n) is 17.7. The molecule has 0 saturated carbocycles. The van der Waals surface area contributed by atoms with E-state index in [4.69, 9.17) is 0 Å². The van der Waals surface area contributed by atoms with Crippen molar-refractivity contribution < 1.29 is 9.59 Å². The van der Waals surface area contributed by atoms with Crippen LogP contribution in [0, 0.1) is 10.8 Å². The molecule has 4 nitrogen and oxygen atoms in total. The zero-order valence-corrected chi connectivity index (χ0v) is 17.7. The Hall–Kier alpha value is -0.740. The molecule has 0 aromatic rings. The summed E-state index contributed by atoms with van der Waals surface area (Å²) in [5.41, 5.74) is 0.691. The van der Waals surface area contributed by atoms with E-state index in [2.05, 4.69) is 37.9 Å². The first-order chi connectivity index (χ1) is 12.3. The third-order valence-electron chi connectivity index (χ3n) is 5.76. The number of carbonyl (C=O) groups excluding carboxylic acids is 2. The van der Waals surface area contributed by atoms with Crippen LogP contribution in [0.25, 0.3) is 0 Å². The van der Waals surface area contributed by atoms with Gasteiger partial charge >= 0.3 is 0 Å². The Balaban J connectivity index is 2.27. The SMILES string of the molecule is CC(C)(CCCCNCC=O)CC(C)(C)CCCN1CCCCC1C=O. The predicted octanol–water partition coefficient (Wildman–Crippen LogP) is 4.22. The summed E-state index contributed by atoms with van der Waals surface area (Å²) in [6.45, 7) is 13.1. The average molecular weight is 367 g/mol. The molecule has 1 aliphatic rings. The monoisotopic (exact) mass is 366 g/mol. The summed E-state index contributed by atoms with van der Waals surface area (Å²) >= 11 is 0. The molecule has 0 amide bonds. The van der Waals surface area contributed by atoms with E-state index in [1.165, 1.54) is 44.9 Å². The largest absolute Gasteiger partial charge is 0.310 e. The van der Waals surface area contributed by atoms with Crippen LogP contribution in [0.4, 0.5) is 0 Å². The van der Waals surface area contributed by atoms with Crippen molar-refractivity contribution in [3.05, 3.63) is 0 Å². The van der Waals surface area contributed by atoms with Crippen molar-refractivity contribution in [1.29, 1.82) is 0 Å². The Bertz CT molecular complexity index is 407. The quantitative estimate of drug-likeness (QED) is 0.369. The predicted molar refractivity (Wildman–Crippen MR) is 109 cm³/mol. The van der Waals surface area contributed by atoms with Crippen LogP contribution in [0.15, 0.2) is 0 Å². The van der Waals surface area contributed by atoms with Crippen LogP contribution in [0.2, 0.25) is 0 Å². The summed E-state index contributed by atoms with van der Waals surface area (Å²) in [5, 5.41) is 3.14. The molecule has 4 heteroatoms. The molecule has 152 valence electrons. The Morgan fingerprint density at radius 1 is 1.00 bits per heavy atom. The minimum Gasteiger partial charge on any atom is -0.310 e. The Kier molecular flexibility index (Phi) is 10.6. The summed E-state index contributed by atoms with van der Waals surface area (Å²) in [4.78, 5) is 23.9. The molecule has 1 N–H and O–H groups in total. The van der Waals surface area contributed by atoms with Crippen molar-refractivity contribution >= 4 is 12.6 Å². The van der Waals surface area contributed by atoms with Crippen LogP contribution in [-0.4, -0.2) is 49.7 Å². The van der Waals surface area contributed by atoms with Gasteiger partial charge in [-0.25, -0.2) is 0 Å². The first-order valence-corrected chi connectivity index (χ1v) is 10.6. The number of rotatable bonds is 14. The van der Waals surface area contributed by atoms with Crippen molar-refractivity contribution in [2.24, 2.45) is 10.8 Å². The molecule has 1 unspecified atom stereocenters. The fraction of sp³-hybridized carbons (Fsp3) is 0.909. The van der Waals surface area contributed by atoms with E-state index in [0.29, 0.717) is 17.4 Å². The van der Waals surface area contributed by atoms with E-state index >= 15 is 0 Å². The maximum atomic E-state index is 11.2. The van der Waals surface area contributed by atoms with E-state index in [0.717, 1.165) is 45.0 Å². The highest BCUT2D eigenvalue weighted by atomic mass is 16.1. The van der Waals surface area contributed by atoms with Gasteiger partial charge in [0.15, 0.2) is 0 Å². The molecule has 1 atom stereocenters. The Labute approximate surface area is 161 Å². The van der Waals surface area contributed by atoms with Gasteiger partial charge in [-0.05, 0) is 75.4 Å². The van der Waals surface area contributed by atoms with Crippen LogP contribution in [0.3, 0.4) is 0 Å². The van der Waals surface area contributed by atoms with Gasteiger partial charge < -0.3 is 14.9 Å². The van der Waals surface area contributed by atoms with Gasteiger partial charge in [-0.3, -0.25) is 4.90 Å². The second-order valence-corrected chi connectivity index (χ2v) is 9.67. The van der Waals surface area contributed by atoms with Crippen molar-refractivity contribution in [1.82, 2.24) is 10.2 Å². The third-order valence-corrected chi connectivity index (χ3v) is 5.76. The number of likely N-dealkylation sites (tertiary alicyclic amines) is 1. The van der Waals surface area contributed by atoms with E-state index in [1.807, 2.05) is 0 Å².